The van der Waals surface area contributed by atoms with E-state index in [1.807, 2.05) is 30.3 Å². The molecule has 3 atom stereocenters. The molecule has 134 valence electrons. The topological polar surface area (TPSA) is 67.9 Å². The molecule has 0 saturated carbocycles. The third-order valence-corrected chi connectivity index (χ3v) is 6.53. The largest absolute Gasteiger partial charge is 0.349 e. The fraction of sp³-hybridized carbons (Fsp3) is 0.588. The van der Waals surface area contributed by atoms with Crippen molar-refractivity contribution in [3.8, 4) is 0 Å². The number of nitrogens with zero attached hydrogens (tertiary/aromatic N) is 1. The zero-order valence-corrected chi connectivity index (χ0v) is 15.7. The Bertz CT molecular complexity index is 584. The van der Waals surface area contributed by atoms with Gasteiger partial charge in [-0.25, -0.2) is 0 Å². The molecule has 1 heterocycles. The summed E-state index contributed by atoms with van der Waals surface area (Å²) in [7, 11) is 0.163. The Morgan fingerprint density at radius 2 is 1.79 bits per heavy atom. The average Bonchev–Trinajstić information content (AvgIpc) is 3.01. The van der Waals surface area contributed by atoms with E-state index in [0.29, 0.717) is 19.6 Å². The Kier molecular flexibility index (Phi) is 6.58. The van der Waals surface area contributed by atoms with Crippen molar-refractivity contribution >= 4 is 13.5 Å². The molecule has 1 saturated heterocycles. The van der Waals surface area contributed by atoms with Crippen LogP contribution in [0.4, 0.5) is 0 Å². The molecule has 7 heteroatoms. The summed E-state index contributed by atoms with van der Waals surface area (Å²) in [6.07, 6.45) is 0.424. The molecule has 24 heavy (non-hydrogen) atoms. The van der Waals surface area contributed by atoms with Gasteiger partial charge in [0.1, 0.15) is 5.78 Å². The standard InChI is InChI=1S/C17H27N2O4P/c1-5-22-24(21,23-6-2)15-12-14(17(20)19(3)4)16(18-15)13-10-8-7-9-11-13/h7-11,14-16,18H,5-6,12H2,1-4H3/t14-,15+,16-/m1/s1. The monoisotopic (exact) mass is 354 g/mol. The molecule has 1 fully saturated rings. The van der Waals surface area contributed by atoms with Crippen LogP contribution in [-0.4, -0.2) is 43.9 Å². The van der Waals surface area contributed by atoms with E-state index in [1.54, 1.807) is 32.8 Å². The smallest absolute Gasteiger partial charge is 0.347 e. The van der Waals surface area contributed by atoms with E-state index in [9.17, 15) is 9.36 Å². The highest BCUT2D eigenvalue weighted by molar-refractivity contribution is 7.54. The van der Waals surface area contributed by atoms with E-state index in [0.717, 1.165) is 5.56 Å². The molecule has 0 spiro atoms. The minimum absolute atomic E-state index is 0.0124. The van der Waals surface area contributed by atoms with Gasteiger partial charge in [0, 0.05) is 20.1 Å². The van der Waals surface area contributed by atoms with Crippen molar-refractivity contribution in [1.82, 2.24) is 10.2 Å². The van der Waals surface area contributed by atoms with Crippen molar-refractivity contribution < 1.29 is 18.4 Å². The summed E-state index contributed by atoms with van der Waals surface area (Å²) in [6, 6.07) is 9.55. The maximum absolute atomic E-state index is 13.1. The van der Waals surface area contributed by atoms with Crippen LogP contribution in [0.1, 0.15) is 31.9 Å². The number of rotatable bonds is 7. The zero-order chi connectivity index (χ0) is 17.7. The number of amides is 1. The second kappa shape index (κ2) is 8.26. The lowest BCUT2D eigenvalue weighted by molar-refractivity contribution is -0.133. The molecule has 2 rings (SSSR count). The fourth-order valence-electron chi connectivity index (χ4n) is 3.13. The Hall–Kier alpha value is -1.20. The van der Waals surface area contributed by atoms with Gasteiger partial charge in [-0.15, -0.1) is 0 Å². The number of hydrogen-bond donors (Lipinski definition) is 1. The van der Waals surface area contributed by atoms with Gasteiger partial charge in [0.15, 0.2) is 0 Å². The Labute approximate surface area is 144 Å². The van der Waals surface area contributed by atoms with E-state index in [4.69, 9.17) is 9.05 Å². The van der Waals surface area contributed by atoms with E-state index in [-0.39, 0.29) is 17.9 Å². The van der Waals surface area contributed by atoms with Crippen molar-refractivity contribution in [3.63, 3.8) is 0 Å². The van der Waals surface area contributed by atoms with Crippen molar-refractivity contribution in [1.29, 1.82) is 0 Å². The van der Waals surface area contributed by atoms with E-state index in [1.165, 1.54) is 0 Å². The quantitative estimate of drug-likeness (QED) is 0.763. The number of carbonyl (C=O) groups excluding carboxylic acids is 1. The molecule has 0 radical (unpaired) electrons. The van der Waals surface area contributed by atoms with Gasteiger partial charge in [0.05, 0.1) is 19.1 Å². The first kappa shape index (κ1) is 19.1. The molecule has 1 amide bonds. The summed E-state index contributed by atoms with van der Waals surface area (Å²) in [5, 5.41) is 3.34. The SMILES string of the molecule is CCOP(=O)(OCC)[C@H]1C[C@@H](C(=O)N(C)C)[C@@H](c2ccccc2)N1. The number of hydrogen-bond acceptors (Lipinski definition) is 5. The molecule has 0 aromatic heterocycles. The number of benzene rings is 1. The molecule has 1 aromatic rings. The van der Waals surface area contributed by atoms with Crippen molar-refractivity contribution in [2.75, 3.05) is 27.3 Å². The van der Waals surface area contributed by atoms with Crippen LogP contribution in [0.5, 0.6) is 0 Å². The Morgan fingerprint density at radius 1 is 1.21 bits per heavy atom. The normalized spacial score (nSPS) is 24.1. The molecule has 0 unspecified atom stereocenters. The van der Waals surface area contributed by atoms with Crippen molar-refractivity contribution in [2.45, 2.75) is 32.1 Å². The van der Waals surface area contributed by atoms with Crippen LogP contribution in [-0.2, 0) is 18.4 Å². The first-order chi connectivity index (χ1) is 11.4. The van der Waals surface area contributed by atoms with Crippen LogP contribution >= 0.6 is 7.60 Å². The predicted molar refractivity (Wildman–Crippen MR) is 93.8 cm³/mol. The van der Waals surface area contributed by atoms with Crippen LogP contribution in [0.25, 0.3) is 0 Å². The van der Waals surface area contributed by atoms with Crippen LogP contribution < -0.4 is 5.32 Å². The molecule has 1 aromatic carbocycles. The van der Waals surface area contributed by atoms with Crippen molar-refractivity contribution in [2.24, 2.45) is 5.92 Å². The lowest BCUT2D eigenvalue weighted by Crippen LogP contribution is -2.33. The van der Waals surface area contributed by atoms with Crippen LogP contribution in [0.3, 0.4) is 0 Å². The first-order valence-electron chi connectivity index (χ1n) is 8.33. The summed E-state index contributed by atoms with van der Waals surface area (Å²) in [6.45, 7) is 4.19. The minimum atomic E-state index is -3.31. The summed E-state index contributed by atoms with van der Waals surface area (Å²) in [5.74, 6) is -0.781. The Morgan fingerprint density at radius 3 is 2.29 bits per heavy atom. The fourth-order valence-corrected chi connectivity index (χ4v) is 5.11. The molecule has 6 nitrogen and oxygen atoms in total. The number of nitrogens with one attached hydrogen (secondary N) is 1. The highest BCUT2D eigenvalue weighted by Crippen LogP contribution is 2.57. The molecule has 1 aliphatic rings. The summed E-state index contributed by atoms with van der Waals surface area (Å²) in [5.41, 5.74) is 1.000. The Balaban J connectivity index is 2.32. The van der Waals surface area contributed by atoms with Gasteiger partial charge in [-0.2, -0.15) is 0 Å². The average molecular weight is 354 g/mol. The van der Waals surface area contributed by atoms with E-state index < -0.39 is 13.4 Å². The summed E-state index contributed by atoms with van der Waals surface area (Å²) >= 11 is 0. The second-order valence-corrected chi connectivity index (χ2v) is 8.24. The highest BCUT2D eigenvalue weighted by atomic mass is 31.2. The first-order valence-corrected chi connectivity index (χ1v) is 9.95. The van der Waals surface area contributed by atoms with Crippen LogP contribution in [0.2, 0.25) is 0 Å². The van der Waals surface area contributed by atoms with Gasteiger partial charge in [0.2, 0.25) is 5.91 Å². The minimum Gasteiger partial charge on any atom is -0.349 e. The highest BCUT2D eigenvalue weighted by Gasteiger charge is 2.48. The third-order valence-electron chi connectivity index (χ3n) is 4.17. The van der Waals surface area contributed by atoms with Crippen LogP contribution in [0.15, 0.2) is 30.3 Å². The van der Waals surface area contributed by atoms with E-state index in [2.05, 4.69) is 5.32 Å². The van der Waals surface area contributed by atoms with Gasteiger partial charge in [0.25, 0.3) is 0 Å². The predicted octanol–water partition coefficient (Wildman–Crippen LogP) is 3.02. The molecule has 1 N–H and O–H groups in total. The lowest BCUT2D eigenvalue weighted by atomic mass is 9.93. The van der Waals surface area contributed by atoms with Gasteiger partial charge < -0.3 is 13.9 Å². The summed E-state index contributed by atoms with van der Waals surface area (Å²) < 4.78 is 24.0. The number of carbonyl (C=O) groups is 1. The van der Waals surface area contributed by atoms with Gasteiger partial charge in [-0.3, -0.25) is 14.7 Å². The van der Waals surface area contributed by atoms with Gasteiger partial charge in [-0.05, 0) is 25.8 Å². The second-order valence-electron chi connectivity index (χ2n) is 6.02. The summed E-state index contributed by atoms with van der Waals surface area (Å²) in [4.78, 5) is 14.2. The molecule has 0 aliphatic carbocycles. The van der Waals surface area contributed by atoms with Gasteiger partial charge in [-0.1, -0.05) is 30.3 Å². The molecule has 0 bridgehead atoms. The lowest BCUT2D eigenvalue weighted by Gasteiger charge is -2.24. The zero-order valence-electron chi connectivity index (χ0n) is 14.8. The van der Waals surface area contributed by atoms with Crippen LogP contribution in [0, 0.1) is 5.92 Å². The maximum atomic E-state index is 13.1. The molecular weight excluding hydrogens is 327 g/mol. The molecule has 1 aliphatic heterocycles. The maximum Gasteiger partial charge on any atom is 0.347 e. The molecular formula is C17H27N2O4P. The van der Waals surface area contributed by atoms with E-state index >= 15 is 0 Å². The van der Waals surface area contributed by atoms with Crippen molar-refractivity contribution in [3.05, 3.63) is 35.9 Å². The van der Waals surface area contributed by atoms with Gasteiger partial charge >= 0.3 is 7.60 Å². The third kappa shape index (κ3) is 4.06.